The molecule has 4 aliphatic carbocycles. The Bertz CT molecular complexity index is 806. The number of rotatable bonds is 0. The van der Waals surface area contributed by atoms with Gasteiger partial charge in [-0.25, -0.2) is 0 Å². The summed E-state index contributed by atoms with van der Waals surface area (Å²) in [7, 11) is 0. The standard InChI is InChI=1S/C21H23NO/c1-2-17-18-11-21(12-23-20(18)4-3-19(17)22-5-1)15-7-13-6-14(9-15)10-16(21)8-13/h1-5,11,13-16,22H,6-10,12H2. The van der Waals surface area contributed by atoms with Gasteiger partial charge >= 0.3 is 0 Å². The molecule has 0 aromatic heterocycles. The van der Waals surface area contributed by atoms with Crippen molar-refractivity contribution in [2.75, 3.05) is 11.9 Å². The normalized spacial score (nSPS) is 41.4. The molecule has 2 aliphatic heterocycles. The van der Waals surface area contributed by atoms with Crippen LogP contribution in [0.5, 0.6) is 5.75 Å². The van der Waals surface area contributed by atoms with Crippen molar-refractivity contribution in [3.05, 3.63) is 34.8 Å². The number of anilines is 1. The molecular weight excluding hydrogens is 282 g/mol. The van der Waals surface area contributed by atoms with E-state index in [1.807, 2.05) is 6.20 Å². The van der Waals surface area contributed by atoms with Crippen molar-refractivity contribution in [3.63, 3.8) is 0 Å². The van der Waals surface area contributed by atoms with Crippen LogP contribution in [0.15, 0.2) is 24.4 Å². The van der Waals surface area contributed by atoms with E-state index < -0.39 is 0 Å². The molecule has 1 aromatic carbocycles. The average molecular weight is 305 g/mol. The van der Waals surface area contributed by atoms with Crippen molar-refractivity contribution in [1.82, 2.24) is 0 Å². The maximum atomic E-state index is 6.37. The average Bonchev–Trinajstić information content (AvgIpc) is 2.59. The predicted octanol–water partition coefficient (Wildman–Crippen LogP) is 3.02. The van der Waals surface area contributed by atoms with Crippen molar-refractivity contribution in [1.29, 1.82) is 0 Å². The first kappa shape index (κ1) is 12.7. The minimum Gasteiger partial charge on any atom is -0.492 e. The molecule has 0 radical (unpaired) electrons. The van der Waals surface area contributed by atoms with E-state index in [0.717, 1.165) is 36.0 Å². The van der Waals surface area contributed by atoms with Crippen LogP contribution in [0.1, 0.15) is 32.1 Å². The van der Waals surface area contributed by atoms with Crippen molar-refractivity contribution in [2.45, 2.75) is 32.1 Å². The molecule has 0 unspecified atom stereocenters. The van der Waals surface area contributed by atoms with Crippen LogP contribution in [0.25, 0.3) is 12.2 Å². The monoisotopic (exact) mass is 305 g/mol. The van der Waals surface area contributed by atoms with E-state index in [9.17, 15) is 0 Å². The van der Waals surface area contributed by atoms with Gasteiger partial charge in [0, 0.05) is 27.7 Å². The molecule has 2 heterocycles. The predicted molar refractivity (Wildman–Crippen MR) is 92.4 cm³/mol. The third-order valence-corrected chi connectivity index (χ3v) is 7.39. The van der Waals surface area contributed by atoms with Crippen molar-refractivity contribution >= 4 is 17.8 Å². The molecule has 0 saturated heterocycles. The van der Waals surface area contributed by atoms with Crippen LogP contribution in [-0.4, -0.2) is 6.61 Å². The summed E-state index contributed by atoms with van der Waals surface area (Å²) in [4.78, 5) is 0. The number of ether oxygens (including phenoxy) is 1. The summed E-state index contributed by atoms with van der Waals surface area (Å²) < 4.78 is 6.37. The van der Waals surface area contributed by atoms with E-state index in [1.165, 1.54) is 48.2 Å². The second kappa shape index (κ2) is 4.23. The molecule has 6 aliphatic rings. The Morgan fingerprint density at radius 3 is 2.52 bits per heavy atom. The molecule has 0 amide bonds. The van der Waals surface area contributed by atoms with Gasteiger partial charge in [-0.1, -0.05) is 12.2 Å². The molecule has 0 atom stereocenters. The Hall–Kier alpha value is -1.70. The Kier molecular flexibility index (Phi) is 2.33. The summed E-state index contributed by atoms with van der Waals surface area (Å²) in [6.07, 6.45) is 16.3. The lowest BCUT2D eigenvalue weighted by molar-refractivity contribution is -0.0922. The highest BCUT2D eigenvalue weighted by molar-refractivity contribution is 5.63. The van der Waals surface area contributed by atoms with Gasteiger partial charge in [-0.2, -0.15) is 0 Å². The number of hydrogen-bond donors (Lipinski definition) is 1. The molecule has 4 fully saturated rings. The fraction of sp³-hybridized carbons (Fsp3) is 0.524. The molecule has 7 rings (SSSR count). The molecule has 2 heteroatoms. The van der Waals surface area contributed by atoms with Crippen LogP contribution in [0.2, 0.25) is 0 Å². The van der Waals surface area contributed by atoms with Gasteiger partial charge in [-0.15, -0.1) is 0 Å². The van der Waals surface area contributed by atoms with E-state index >= 15 is 0 Å². The first-order valence-electron chi connectivity index (χ1n) is 9.24. The molecule has 1 aromatic rings. The van der Waals surface area contributed by atoms with E-state index in [-0.39, 0.29) is 0 Å². The lowest BCUT2D eigenvalue weighted by Gasteiger charge is -2.60. The van der Waals surface area contributed by atoms with Crippen LogP contribution in [-0.2, 0) is 0 Å². The molecule has 1 N–H and O–H groups in total. The van der Waals surface area contributed by atoms with Crippen LogP contribution in [0, 0.1) is 29.1 Å². The van der Waals surface area contributed by atoms with Gasteiger partial charge in [0.25, 0.3) is 0 Å². The first-order valence-corrected chi connectivity index (χ1v) is 9.24. The quantitative estimate of drug-likeness (QED) is 0.795. The summed E-state index contributed by atoms with van der Waals surface area (Å²) in [5.74, 6) is 4.82. The van der Waals surface area contributed by atoms with Gasteiger partial charge in [-0.05, 0) is 74.0 Å². The lowest BCUT2D eigenvalue weighted by Crippen LogP contribution is -2.57. The van der Waals surface area contributed by atoms with Crippen LogP contribution < -0.4 is 20.5 Å². The Labute approximate surface area is 136 Å². The summed E-state index contributed by atoms with van der Waals surface area (Å²) in [5.41, 5.74) is 1.52. The van der Waals surface area contributed by atoms with Crippen LogP contribution in [0.4, 0.5) is 5.69 Å². The highest BCUT2D eigenvalue weighted by atomic mass is 16.5. The Balaban J connectivity index is 1.59. The van der Waals surface area contributed by atoms with Crippen LogP contribution in [0.3, 0.4) is 0 Å². The number of fused-ring (bicyclic) bond motifs is 3. The summed E-state index contributed by atoms with van der Waals surface area (Å²) in [6.45, 7) is 0.914. The molecule has 118 valence electrons. The minimum absolute atomic E-state index is 0.310. The van der Waals surface area contributed by atoms with Gasteiger partial charge in [0.05, 0.1) is 6.61 Å². The number of benzene rings is 1. The van der Waals surface area contributed by atoms with Gasteiger partial charge in [-0.3, -0.25) is 0 Å². The van der Waals surface area contributed by atoms with Gasteiger partial charge < -0.3 is 10.1 Å². The second-order valence-electron chi connectivity index (χ2n) is 8.46. The topological polar surface area (TPSA) is 21.3 Å². The van der Waals surface area contributed by atoms with Crippen LogP contribution >= 0.6 is 0 Å². The van der Waals surface area contributed by atoms with Crippen molar-refractivity contribution in [2.24, 2.45) is 29.1 Å². The van der Waals surface area contributed by atoms with Crippen molar-refractivity contribution < 1.29 is 4.74 Å². The zero-order valence-corrected chi connectivity index (χ0v) is 13.4. The molecule has 1 spiro atoms. The maximum absolute atomic E-state index is 6.37. The summed E-state index contributed by atoms with van der Waals surface area (Å²) in [5, 5.41) is 6.04. The van der Waals surface area contributed by atoms with E-state index in [2.05, 4.69) is 35.7 Å². The largest absolute Gasteiger partial charge is 0.492 e. The highest BCUT2D eigenvalue weighted by Gasteiger charge is 2.57. The molecule has 4 saturated carbocycles. The van der Waals surface area contributed by atoms with E-state index in [4.69, 9.17) is 4.74 Å². The fourth-order valence-corrected chi connectivity index (χ4v) is 6.53. The molecule has 2 nitrogen and oxygen atoms in total. The highest BCUT2D eigenvalue weighted by Crippen LogP contribution is 2.63. The first-order chi connectivity index (χ1) is 11.3. The van der Waals surface area contributed by atoms with Gasteiger partial charge in [0.2, 0.25) is 0 Å². The van der Waals surface area contributed by atoms with E-state index in [1.54, 1.807) is 0 Å². The third kappa shape index (κ3) is 1.59. The van der Waals surface area contributed by atoms with E-state index in [0.29, 0.717) is 5.41 Å². The number of hydrogen-bond acceptors (Lipinski definition) is 2. The third-order valence-electron chi connectivity index (χ3n) is 7.39. The van der Waals surface area contributed by atoms with Crippen molar-refractivity contribution in [3.8, 4) is 5.75 Å². The number of nitrogens with one attached hydrogen (secondary N) is 1. The Morgan fingerprint density at radius 2 is 1.74 bits per heavy atom. The fourth-order valence-electron chi connectivity index (χ4n) is 6.53. The minimum atomic E-state index is 0.310. The second-order valence-corrected chi connectivity index (χ2v) is 8.46. The maximum Gasteiger partial charge on any atom is 0.127 e. The molecule has 4 bridgehead atoms. The number of allylic oxidation sites excluding steroid dienone is 1. The van der Waals surface area contributed by atoms with Gasteiger partial charge in [0.1, 0.15) is 5.75 Å². The SMILES string of the molecule is C1=CNc2ccc3c(c2=C1)=CC1(CO3)C2CC3CC(C2)CC1C3. The summed E-state index contributed by atoms with van der Waals surface area (Å²) >= 11 is 0. The molecule has 23 heavy (non-hydrogen) atoms. The summed E-state index contributed by atoms with van der Waals surface area (Å²) in [6, 6.07) is 4.30. The molecular formula is C21H23NO. The smallest absolute Gasteiger partial charge is 0.127 e. The Morgan fingerprint density at radius 1 is 0.957 bits per heavy atom. The zero-order chi connectivity index (χ0) is 15.0. The zero-order valence-electron chi connectivity index (χ0n) is 13.4. The lowest BCUT2D eigenvalue weighted by atomic mass is 9.45. The van der Waals surface area contributed by atoms with Gasteiger partial charge in [0.15, 0.2) is 0 Å².